The summed E-state index contributed by atoms with van der Waals surface area (Å²) in [4.78, 5) is 0. The van der Waals surface area contributed by atoms with Crippen molar-refractivity contribution in [2.24, 2.45) is 5.41 Å². The van der Waals surface area contributed by atoms with Gasteiger partial charge in [-0.05, 0) is 19.3 Å². The van der Waals surface area contributed by atoms with Gasteiger partial charge in [0.1, 0.15) is 0 Å². The van der Waals surface area contributed by atoms with E-state index in [4.69, 9.17) is 4.74 Å². The van der Waals surface area contributed by atoms with Gasteiger partial charge in [-0.15, -0.1) is 5.10 Å². The van der Waals surface area contributed by atoms with Crippen LogP contribution < -0.4 is 4.74 Å². The highest BCUT2D eigenvalue weighted by atomic mass is 16.5. The van der Waals surface area contributed by atoms with Gasteiger partial charge in [0, 0.05) is 18.3 Å². The van der Waals surface area contributed by atoms with Gasteiger partial charge in [0.2, 0.25) is 5.88 Å². The first-order valence-electron chi connectivity index (χ1n) is 5.06. The molecule has 0 radical (unpaired) electrons. The zero-order chi connectivity index (χ0) is 10.8. The zero-order valence-electron chi connectivity index (χ0n) is 9.74. The maximum absolute atomic E-state index is 5.57. The molecule has 0 bridgehead atoms. The normalized spacial score (nSPS) is 12.1. The van der Waals surface area contributed by atoms with Crippen LogP contribution in [0.5, 0.6) is 5.88 Å². The van der Waals surface area contributed by atoms with Gasteiger partial charge in [-0.1, -0.05) is 20.8 Å². The van der Waals surface area contributed by atoms with Crippen molar-refractivity contribution in [2.75, 3.05) is 6.61 Å². The minimum Gasteiger partial charge on any atom is -0.476 e. The Labute approximate surface area is 86.1 Å². The fourth-order valence-corrected chi connectivity index (χ4v) is 0.976. The fraction of sp³-hybridized carbons (Fsp3) is 0.727. The molecule has 0 aliphatic heterocycles. The molecule has 1 aromatic heterocycles. The van der Waals surface area contributed by atoms with Crippen LogP contribution in [0.2, 0.25) is 0 Å². The largest absolute Gasteiger partial charge is 0.476 e. The van der Waals surface area contributed by atoms with E-state index in [1.165, 1.54) is 0 Å². The SMILES string of the molecule is CC(C)n1ccc(OCC(C)(C)C)n1. The topological polar surface area (TPSA) is 27.1 Å². The van der Waals surface area contributed by atoms with E-state index in [0.29, 0.717) is 18.5 Å². The maximum atomic E-state index is 5.57. The van der Waals surface area contributed by atoms with Gasteiger partial charge >= 0.3 is 0 Å². The van der Waals surface area contributed by atoms with Gasteiger partial charge in [0.15, 0.2) is 0 Å². The Bertz CT molecular complexity index is 284. The lowest BCUT2D eigenvalue weighted by molar-refractivity contribution is 0.189. The lowest BCUT2D eigenvalue weighted by atomic mass is 9.99. The molecule has 3 heteroatoms. The van der Waals surface area contributed by atoms with E-state index >= 15 is 0 Å². The van der Waals surface area contributed by atoms with Crippen molar-refractivity contribution in [1.82, 2.24) is 9.78 Å². The Kier molecular flexibility index (Phi) is 3.19. The summed E-state index contributed by atoms with van der Waals surface area (Å²) in [7, 11) is 0. The molecule has 0 aromatic carbocycles. The summed E-state index contributed by atoms with van der Waals surface area (Å²) in [5.41, 5.74) is 0.182. The van der Waals surface area contributed by atoms with Crippen molar-refractivity contribution in [1.29, 1.82) is 0 Å². The van der Waals surface area contributed by atoms with Crippen molar-refractivity contribution >= 4 is 0 Å². The van der Waals surface area contributed by atoms with Crippen LogP contribution >= 0.6 is 0 Å². The average Bonchev–Trinajstić information content (AvgIpc) is 2.47. The van der Waals surface area contributed by atoms with Gasteiger partial charge in [-0.2, -0.15) is 0 Å². The quantitative estimate of drug-likeness (QED) is 0.743. The Morgan fingerprint density at radius 2 is 2.07 bits per heavy atom. The van der Waals surface area contributed by atoms with Crippen LogP contribution in [0.4, 0.5) is 0 Å². The van der Waals surface area contributed by atoms with E-state index < -0.39 is 0 Å². The first-order valence-corrected chi connectivity index (χ1v) is 5.06. The summed E-state index contributed by atoms with van der Waals surface area (Å²) < 4.78 is 7.47. The molecule has 0 saturated heterocycles. The fourth-order valence-electron chi connectivity index (χ4n) is 0.976. The van der Waals surface area contributed by atoms with Crippen molar-refractivity contribution in [3.8, 4) is 5.88 Å². The molecule has 0 saturated carbocycles. The van der Waals surface area contributed by atoms with E-state index in [9.17, 15) is 0 Å². The Morgan fingerprint density at radius 1 is 1.43 bits per heavy atom. The molecule has 1 aromatic rings. The molecule has 1 heterocycles. The second kappa shape index (κ2) is 4.03. The van der Waals surface area contributed by atoms with E-state index in [2.05, 4.69) is 39.7 Å². The van der Waals surface area contributed by atoms with Crippen LogP contribution in [0.25, 0.3) is 0 Å². The molecule has 14 heavy (non-hydrogen) atoms. The molecule has 0 spiro atoms. The number of hydrogen-bond acceptors (Lipinski definition) is 2. The Hall–Kier alpha value is -0.990. The summed E-state index contributed by atoms with van der Waals surface area (Å²) in [6, 6.07) is 2.30. The average molecular weight is 196 g/mol. The van der Waals surface area contributed by atoms with Crippen molar-refractivity contribution in [3.05, 3.63) is 12.3 Å². The summed E-state index contributed by atoms with van der Waals surface area (Å²) in [5.74, 6) is 0.716. The van der Waals surface area contributed by atoms with Gasteiger partial charge in [0.05, 0.1) is 6.61 Å². The van der Waals surface area contributed by atoms with E-state index in [-0.39, 0.29) is 5.41 Å². The van der Waals surface area contributed by atoms with Gasteiger partial charge in [0.25, 0.3) is 0 Å². The summed E-state index contributed by atoms with van der Waals surface area (Å²) >= 11 is 0. The van der Waals surface area contributed by atoms with Crippen LogP contribution in [0, 0.1) is 5.41 Å². The zero-order valence-corrected chi connectivity index (χ0v) is 9.74. The lowest BCUT2D eigenvalue weighted by Crippen LogP contribution is -2.17. The molecule has 0 aliphatic rings. The highest BCUT2D eigenvalue weighted by Crippen LogP contribution is 2.16. The maximum Gasteiger partial charge on any atom is 0.232 e. The molecular weight excluding hydrogens is 176 g/mol. The van der Waals surface area contributed by atoms with E-state index in [0.717, 1.165) is 0 Å². The third kappa shape index (κ3) is 3.40. The predicted molar refractivity (Wildman–Crippen MR) is 57.6 cm³/mol. The second-order valence-electron chi connectivity index (χ2n) is 5.08. The number of hydrogen-bond donors (Lipinski definition) is 0. The summed E-state index contributed by atoms with van der Waals surface area (Å²) in [6.45, 7) is 11.3. The van der Waals surface area contributed by atoms with Crippen LogP contribution in [0.1, 0.15) is 40.7 Å². The van der Waals surface area contributed by atoms with Crippen LogP contribution in [-0.2, 0) is 0 Å². The Balaban J connectivity index is 2.52. The van der Waals surface area contributed by atoms with Crippen LogP contribution in [0.15, 0.2) is 12.3 Å². The number of ether oxygens (including phenoxy) is 1. The molecule has 80 valence electrons. The standard InChI is InChI=1S/C11H20N2O/c1-9(2)13-7-6-10(12-13)14-8-11(3,4)5/h6-7,9H,8H2,1-5H3. The van der Waals surface area contributed by atoms with Gasteiger partial charge < -0.3 is 4.74 Å². The highest BCUT2D eigenvalue weighted by molar-refractivity contribution is 5.06. The predicted octanol–water partition coefficient (Wildman–Crippen LogP) is 2.89. The van der Waals surface area contributed by atoms with Crippen molar-refractivity contribution in [3.63, 3.8) is 0 Å². The molecule has 3 nitrogen and oxygen atoms in total. The molecular formula is C11H20N2O. The number of rotatable bonds is 3. The first-order chi connectivity index (χ1) is 6.38. The Morgan fingerprint density at radius 3 is 2.50 bits per heavy atom. The van der Waals surface area contributed by atoms with Gasteiger partial charge in [-0.3, -0.25) is 4.68 Å². The minimum atomic E-state index is 0.182. The molecule has 0 unspecified atom stereocenters. The molecule has 0 N–H and O–H groups in total. The van der Waals surface area contributed by atoms with E-state index in [1.807, 2.05) is 16.9 Å². The first kappa shape index (κ1) is 11.1. The molecule has 0 aliphatic carbocycles. The monoisotopic (exact) mass is 196 g/mol. The smallest absolute Gasteiger partial charge is 0.232 e. The van der Waals surface area contributed by atoms with Crippen molar-refractivity contribution < 1.29 is 4.74 Å². The molecule has 0 atom stereocenters. The molecule has 0 fully saturated rings. The number of nitrogens with zero attached hydrogens (tertiary/aromatic N) is 2. The minimum absolute atomic E-state index is 0.182. The van der Waals surface area contributed by atoms with Gasteiger partial charge in [-0.25, -0.2) is 0 Å². The summed E-state index contributed by atoms with van der Waals surface area (Å²) in [5, 5.41) is 4.31. The third-order valence-corrected chi connectivity index (χ3v) is 1.77. The highest BCUT2D eigenvalue weighted by Gasteiger charge is 2.12. The van der Waals surface area contributed by atoms with Crippen LogP contribution in [0.3, 0.4) is 0 Å². The number of aromatic nitrogens is 2. The second-order valence-corrected chi connectivity index (χ2v) is 5.08. The third-order valence-electron chi connectivity index (χ3n) is 1.77. The van der Waals surface area contributed by atoms with Crippen LogP contribution in [-0.4, -0.2) is 16.4 Å². The summed E-state index contributed by atoms with van der Waals surface area (Å²) in [6.07, 6.45) is 1.95. The lowest BCUT2D eigenvalue weighted by Gasteiger charge is -2.17. The molecule has 1 rings (SSSR count). The molecule has 0 amide bonds. The van der Waals surface area contributed by atoms with Crippen molar-refractivity contribution in [2.45, 2.75) is 40.7 Å². The van der Waals surface area contributed by atoms with E-state index in [1.54, 1.807) is 0 Å².